The Morgan fingerprint density at radius 1 is 1.21 bits per heavy atom. The lowest BCUT2D eigenvalue weighted by molar-refractivity contribution is -0.385. The molecule has 2 aromatic carbocycles. The molecule has 0 spiro atoms. The largest absolute Gasteiger partial charge is 0.379 e. The smallest absolute Gasteiger partial charge is 0.339 e. The number of nitrogens with zero attached hydrogens (tertiary/aromatic N) is 2. The minimum atomic E-state index is -4.25. The number of carbonyl (C=O) groups excluding carboxylic acids is 1. The third-order valence-electron chi connectivity index (χ3n) is 3.69. The summed E-state index contributed by atoms with van der Waals surface area (Å²) >= 11 is 1.04. The number of amidine groups is 1. The molecule has 0 atom stereocenters. The number of carbonyl (C=O) groups is 1. The van der Waals surface area contributed by atoms with Gasteiger partial charge in [-0.15, -0.1) is 0 Å². The van der Waals surface area contributed by atoms with Crippen molar-refractivity contribution in [1.29, 1.82) is 0 Å². The standard InChI is InChI=1S/C17H13N3O6S2/c1-10-2-7-13(9-14(10)20(22)23)28(24,25)26-12-5-3-11(4-6-12)8-15-16(21)19-17(18)27-15/h2-9H,1H3,(H2,18,19,21). The van der Waals surface area contributed by atoms with E-state index in [9.17, 15) is 23.3 Å². The second kappa shape index (κ2) is 7.44. The molecule has 28 heavy (non-hydrogen) atoms. The number of thioether (sulfide) groups is 1. The van der Waals surface area contributed by atoms with Crippen molar-refractivity contribution in [2.75, 3.05) is 0 Å². The summed E-state index contributed by atoms with van der Waals surface area (Å²) < 4.78 is 29.8. The molecule has 0 aromatic heterocycles. The summed E-state index contributed by atoms with van der Waals surface area (Å²) in [7, 11) is -4.25. The molecule has 1 aliphatic rings. The lowest BCUT2D eigenvalue weighted by Gasteiger charge is -2.08. The van der Waals surface area contributed by atoms with E-state index in [-0.39, 0.29) is 21.5 Å². The van der Waals surface area contributed by atoms with Crippen molar-refractivity contribution < 1.29 is 22.3 Å². The molecular formula is C17H13N3O6S2. The number of amides is 1. The molecule has 0 bridgehead atoms. The normalized spacial score (nSPS) is 15.5. The summed E-state index contributed by atoms with van der Waals surface area (Å²) in [4.78, 5) is 25.6. The molecule has 0 saturated heterocycles. The molecule has 0 radical (unpaired) electrons. The van der Waals surface area contributed by atoms with Crippen molar-refractivity contribution >= 4 is 44.7 Å². The summed E-state index contributed by atoms with van der Waals surface area (Å²) in [6, 6.07) is 9.45. The highest BCUT2D eigenvalue weighted by Crippen LogP contribution is 2.28. The highest BCUT2D eigenvalue weighted by atomic mass is 32.2. The van der Waals surface area contributed by atoms with Crippen LogP contribution in [0.5, 0.6) is 5.75 Å². The van der Waals surface area contributed by atoms with Gasteiger partial charge in [0, 0.05) is 11.6 Å². The molecule has 1 amide bonds. The highest BCUT2D eigenvalue weighted by Gasteiger charge is 2.22. The number of nitro groups is 1. The van der Waals surface area contributed by atoms with E-state index in [1.165, 1.54) is 31.2 Å². The van der Waals surface area contributed by atoms with Crippen LogP contribution in [-0.4, -0.2) is 24.4 Å². The molecule has 9 nitrogen and oxygen atoms in total. The minimum Gasteiger partial charge on any atom is -0.379 e. The zero-order valence-corrected chi connectivity index (χ0v) is 16.0. The number of hydrogen-bond acceptors (Lipinski definition) is 8. The van der Waals surface area contributed by atoms with Crippen LogP contribution in [0.1, 0.15) is 11.1 Å². The van der Waals surface area contributed by atoms with E-state index in [0.29, 0.717) is 16.0 Å². The van der Waals surface area contributed by atoms with Gasteiger partial charge < -0.3 is 9.92 Å². The first kappa shape index (κ1) is 19.6. The predicted octanol–water partition coefficient (Wildman–Crippen LogP) is 2.60. The predicted molar refractivity (Wildman–Crippen MR) is 104 cm³/mol. The maximum atomic E-state index is 12.4. The summed E-state index contributed by atoms with van der Waals surface area (Å²) in [5.41, 5.74) is 6.13. The number of benzene rings is 2. The molecule has 0 fully saturated rings. The van der Waals surface area contributed by atoms with E-state index >= 15 is 0 Å². The molecule has 0 aliphatic carbocycles. The van der Waals surface area contributed by atoms with Gasteiger partial charge in [-0.2, -0.15) is 13.4 Å². The van der Waals surface area contributed by atoms with E-state index in [1.54, 1.807) is 18.2 Å². The minimum absolute atomic E-state index is 0.0199. The monoisotopic (exact) mass is 419 g/mol. The Bertz CT molecular complexity index is 1140. The third-order valence-corrected chi connectivity index (χ3v) is 5.74. The molecule has 2 N–H and O–H groups in total. The van der Waals surface area contributed by atoms with Crippen molar-refractivity contribution in [2.24, 2.45) is 10.7 Å². The van der Waals surface area contributed by atoms with E-state index in [1.807, 2.05) is 0 Å². The molecule has 144 valence electrons. The number of rotatable bonds is 5. The van der Waals surface area contributed by atoms with Crippen LogP contribution in [0.15, 0.2) is 57.3 Å². The van der Waals surface area contributed by atoms with Gasteiger partial charge in [0.25, 0.3) is 11.6 Å². The Hall–Kier alpha value is -3.18. The van der Waals surface area contributed by atoms with Crippen molar-refractivity contribution in [3.05, 3.63) is 68.6 Å². The van der Waals surface area contributed by atoms with Crippen molar-refractivity contribution in [2.45, 2.75) is 11.8 Å². The fourth-order valence-corrected chi connectivity index (χ4v) is 3.95. The van der Waals surface area contributed by atoms with Crippen LogP contribution in [0.4, 0.5) is 5.69 Å². The van der Waals surface area contributed by atoms with Crippen LogP contribution in [0.25, 0.3) is 6.08 Å². The molecule has 2 aromatic rings. The topological polar surface area (TPSA) is 142 Å². The summed E-state index contributed by atoms with van der Waals surface area (Å²) in [6.45, 7) is 1.51. The second-order valence-corrected chi connectivity index (χ2v) is 8.29. The SMILES string of the molecule is Cc1ccc(S(=O)(=O)Oc2ccc(C=C3SC(N)=NC3=O)cc2)cc1[N+](=O)[O-]. The van der Waals surface area contributed by atoms with Crippen LogP contribution >= 0.6 is 11.8 Å². The summed E-state index contributed by atoms with van der Waals surface area (Å²) in [5.74, 6) is -0.419. The van der Waals surface area contributed by atoms with Gasteiger partial charge in [-0.1, -0.05) is 18.2 Å². The van der Waals surface area contributed by atoms with Gasteiger partial charge in [0.1, 0.15) is 10.6 Å². The molecule has 1 heterocycles. The molecule has 11 heteroatoms. The maximum Gasteiger partial charge on any atom is 0.339 e. The van der Waals surface area contributed by atoms with Crippen molar-refractivity contribution in [1.82, 2.24) is 0 Å². The van der Waals surface area contributed by atoms with E-state index in [4.69, 9.17) is 9.92 Å². The number of nitrogens with two attached hydrogens (primary N) is 1. The van der Waals surface area contributed by atoms with Gasteiger partial charge in [-0.05, 0) is 48.5 Å². The molecule has 3 rings (SSSR count). The van der Waals surface area contributed by atoms with E-state index < -0.39 is 20.9 Å². The van der Waals surface area contributed by atoms with Crippen LogP contribution < -0.4 is 9.92 Å². The zero-order chi connectivity index (χ0) is 20.5. The number of aliphatic imine (C=N–C) groups is 1. The van der Waals surface area contributed by atoms with Crippen LogP contribution in [-0.2, 0) is 14.9 Å². The summed E-state index contributed by atoms with van der Waals surface area (Å²) in [5, 5.41) is 11.2. The first-order chi connectivity index (χ1) is 13.2. The Labute approximate surface area is 164 Å². The van der Waals surface area contributed by atoms with Gasteiger partial charge in [-0.25, -0.2) is 0 Å². The molecule has 0 unspecified atom stereocenters. The average molecular weight is 419 g/mol. The number of nitro benzene ring substituents is 1. The van der Waals surface area contributed by atoms with Gasteiger partial charge in [0.05, 0.1) is 9.83 Å². The van der Waals surface area contributed by atoms with Crippen LogP contribution in [0.3, 0.4) is 0 Å². The molecule has 1 aliphatic heterocycles. The van der Waals surface area contributed by atoms with E-state index in [2.05, 4.69) is 4.99 Å². The van der Waals surface area contributed by atoms with E-state index in [0.717, 1.165) is 17.8 Å². The molecular weight excluding hydrogens is 406 g/mol. The quantitative estimate of drug-likeness (QED) is 0.337. The Balaban J connectivity index is 1.80. The van der Waals surface area contributed by atoms with Gasteiger partial charge in [-0.3, -0.25) is 14.9 Å². The fourth-order valence-electron chi connectivity index (χ4n) is 2.31. The first-order valence-electron chi connectivity index (χ1n) is 7.73. The fraction of sp³-hybridized carbons (Fsp3) is 0.0588. The van der Waals surface area contributed by atoms with Gasteiger partial charge in [0.2, 0.25) is 0 Å². The van der Waals surface area contributed by atoms with Gasteiger partial charge >= 0.3 is 10.1 Å². The maximum absolute atomic E-state index is 12.4. The van der Waals surface area contributed by atoms with Crippen molar-refractivity contribution in [3.63, 3.8) is 0 Å². The summed E-state index contributed by atoms with van der Waals surface area (Å²) in [6.07, 6.45) is 1.57. The number of aryl methyl sites for hydroxylation is 1. The molecule has 0 saturated carbocycles. The Morgan fingerprint density at radius 2 is 1.89 bits per heavy atom. The zero-order valence-electron chi connectivity index (χ0n) is 14.4. The highest BCUT2D eigenvalue weighted by molar-refractivity contribution is 8.18. The average Bonchev–Trinajstić information content (AvgIpc) is 2.93. The first-order valence-corrected chi connectivity index (χ1v) is 9.96. The van der Waals surface area contributed by atoms with Gasteiger partial charge in [0.15, 0.2) is 5.17 Å². The third kappa shape index (κ3) is 4.21. The van der Waals surface area contributed by atoms with Crippen LogP contribution in [0.2, 0.25) is 0 Å². The lowest BCUT2D eigenvalue weighted by atomic mass is 10.2. The lowest BCUT2D eigenvalue weighted by Crippen LogP contribution is -2.10. The van der Waals surface area contributed by atoms with Crippen molar-refractivity contribution in [3.8, 4) is 5.75 Å². The Kier molecular flexibility index (Phi) is 5.21. The van der Waals surface area contributed by atoms with Crippen LogP contribution in [0, 0.1) is 17.0 Å². The Morgan fingerprint density at radius 3 is 2.46 bits per heavy atom. The second-order valence-electron chi connectivity index (χ2n) is 5.68. The number of hydrogen-bond donors (Lipinski definition) is 1.